The molecule has 0 amide bonds. The van der Waals surface area contributed by atoms with E-state index in [4.69, 9.17) is 14.2 Å². The van der Waals surface area contributed by atoms with E-state index in [1.54, 1.807) is 42.7 Å². The van der Waals surface area contributed by atoms with Gasteiger partial charge in [0.2, 0.25) is 0 Å². The van der Waals surface area contributed by atoms with E-state index in [0.29, 0.717) is 37.7 Å². The summed E-state index contributed by atoms with van der Waals surface area (Å²) >= 11 is 3.39. The van der Waals surface area contributed by atoms with Crippen LogP contribution in [0.15, 0.2) is 87.8 Å². The summed E-state index contributed by atoms with van der Waals surface area (Å²) in [5, 5.41) is 11.1. The Morgan fingerprint density at radius 3 is 2.62 bits per heavy atom. The molecule has 1 aliphatic rings. The van der Waals surface area contributed by atoms with Crippen molar-refractivity contribution in [1.82, 2.24) is 4.57 Å². The molecule has 0 saturated heterocycles. The van der Waals surface area contributed by atoms with Crippen molar-refractivity contribution in [3.05, 3.63) is 128 Å². The van der Waals surface area contributed by atoms with E-state index < -0.39 is 16.9 Å². The van der Waals surface area contributed by atoms with Gasteiger partial charge in [0, 0.05) is 17.7 Å². The van der Waals surface area contributed by atoms with E-state index in [9.17, 15) is 19.7 Å². The van der Waals surface area contributed by atoms with Crippen LogP contribution in [0.4, 0.5) is 5.69 Å². The van der Waals surface area contributed by atoms with Crippen molar-refractivity contribution < 1.29 is 23.9 Å². The Hall–Kier alpha value is -4.30. The molecule has 1 aliphatic heterocycles. The first kappa shape index (κ1) is 32.1. The molecule has 0 unspecified atom stereocenters. The first-order chi connectivity index (χ1) is 21.6. The smallest absolute Gasteiger partial charge is 0.338 e. The molecule has 0 N–H and O–H groups in total. The molecule has 3 aromatic carbocycles. The van der Waals surface area contributed by atoms with E-state index in [0.717, 1.165) is 9.13 Å². The van der Waals surface area contributed by atoms with Gasteiger partial charge in [-0.3, -0.25) is 19.5 Å². The molecular weight excluding hydrogens is 709 g/mol. The summed E-state index contributed by atoms with van der Waals surface area (Å²) in [5.41, 5.74) is 2.59. The quantitative estimate of drug-likeness (QED) is 0.0889. The zero-order valence-electron chi connectivity index (χ0n) is 25.0. The molecule has 232 valence electrons. The molecule has 0 spiro atoms. The van der Waals surface area contributed by atoms with Crippen molar-refractivity contribution in [2.24, 2.45) is 4.99 Å². The van der Waals surface area contributed by atoms with Gasteiger partial charge in [0.15, 0.2) is 4.80 Å². The van der Waals surface area contributed by atoms with Gasteiger partial charge in [0.25, 0.3) is 11.2 Å². The van der Waals surface area contributed by atoms with Crippen LogP contribution in [0, 0.1) is 13.7 Å². The largest absolute Gasteiger partial charge is 0.491 e. The van der Waals surface area contributed by atoms with E-state index >= 15 is 0 Å². The van der Waals surface area contributed by atoms with Crippen LogP contribution in [-0.4, -0.2) is 28.2 Å². The lowest BCUT2D eigenvalue weighted by molar-refractivity contribution is -0.384. The number of nitro benzene ring substituents is 1. The van der Waals surface area contributed by atoms with Gasteiger partial charge in [-0.1, -0.05) is 47.7 Å². The normalized spacial score (nSPS) is 14.6. The number of nitrogens with zero attached hydrogens (tertiary/aromatic N) is 3. The minimum atomic E-state index is -0.790. The first-order valence-corrected chi connectivity index (χ1v) is 16.1. The molecular formula is C33H30IN3O7S. The predicted octanol–water partition coefficient (Wildman–Crippen LogP) is 5.68. The zero-order valence-corrected chi connectivity index (χ0v) is 28.0. The second-order valence-corrected chi connectivity index (χ2v) is 12.6. The number of halogens is 1. The van der Waals surface area contributed by atoms with Crippen molar-refractivity contribution in [2.45, 2.75) is 46.4 Å². The highest BCUT2D eigenvalue weighted by Gasteiger charge is 2.35. The second kappa shape index (κ2) is 13.8. The van der Waals surface area contributed by atoms with Crippen LogP contribution in [0.1, 0.15) is 50.4 Å². The molecule has 4 aromatic rings. The highest BCUT2D eigenvalue weighted by Crippen LogP contribution is 2.36. The van der Waals surface area contributed by atoms with E-state index in [1.807, 2.05) is 50.2 Å². The van der Waals surface area contributed by atoms with Crippen LogP contribution in [0.3, 0.4) is 0 Å². The van der Waals surface area contributed by atoms with Crippen molar-refractivity contribution in [2.75, 3.05) is 6.61 Å². The first-order valence-electron chi connectivity index (χ1n) is 14.2. The monoisotopic (exact) mass is 739 g/mol. The van der Waals surface area contributed by atoms with Gasteiger partial charge in [0.05, 0.1) is 37.0 Å². The number of esters is 1. The van der Waals surface area contributed by atoms with E-state index in [-0.39, 0.29) is 36.1 Å². The van der Waals surface area contributed by atoms with Crippen LogP contribution in [0.2, 0.25) is 0 Å². The lowest BCUT2D eigenvalue weighted by Gasteiger charge is -2.26. The third-order valence-electron chi connectivity index (χ3n) is 6.86. The number of para-hydroxylation sites is 1. The highest BCUT2D eigenvalue weighted by molar-refractivity contribution is 14.1. The van der Waals surface area contributed by atoms with Gasteiger partial charge in [-0.25, -0.2) is 9.79 Å². The number of nitro groups is 1. The van der Waals surface area contributed by atoms with E-state index in [1.165, 1.54) is 23.5 Å². The van der Waals surface area contributed by atoms with Crippen LogP contribution in [0.5, 0.6) is 11.5 Å². The number of fused-ring (bicyclic) bond motifs is 1. The predicted molar refractivity (Wildman–Crippen MR) is 179 cm³/mol. The van der Waals surface area contributed by atoms with Crippen LogP contribution < -0.4 is 24.4 Å². The topological polar surface area (TPSA) is 122 Å². The van der Waals surface area contributed by atoms with Gasteiger partial charge in [-0.2, -0.15) is 0 Å². The average Bonchev–Trinajstić information content (AvgIpc) is 3.30. The highest BCUT2D eigenvalue weighted by atomic mass is 127. The van der Waals surface area contributed by atoms with Gasteiger partial charge in [-0.05, 0) is 85.7 Å². The maximum Gasteiger partial charge on any atom is 0.338 e. The number of aromatic nitrogens is 1. The molecule has 1 aromatic heterocycles. The van der Waals surface area contributed by atoms with Crippen LogP contribution in [0.25, 0.3) is 6.08 Å². The minimum Gasteiger partial charge on any atom is -0.491 e. The fourth-order valence-electron chi connectivity index (χ4n) is 4.95. The summed E-state index contributed by atoms with van der Waals surface area (Å²) in [6, 6.07) is 18.4. The van der Waals surface area contributed by atoms with Crippen LogP contribution >= 0.6 is 33.9 Å². The molecule has 0 fully saturated rings. The number of carbonyl (C=O) groups is 1. The number of hydrogen-bond donors (Lipinski definition) is 0. The Balaban J connectivity index is 1.53. The summed E-state index contributed by atoms with van der Waals surface area (Å²) in [5.74, 6) is 0.642. The molecule has 2 heterocycles. The average molecular weight is 740 g/mol. The van der Waals surface area contributed by atoms with Gasteiger partial charge >= 0.3 is 5.97 Å². The maximum absolute atomic E-state index is 14.0. The van der Waals surface area contributed by atoms with Crippen molar-refractivity contribution >= 4 is 51.7 Å². The molecule has 0 saturated carbocycles. The molecule has 10 nitrogen and oxygen atoms in total. The lowest BCUT2D eigenvalue weighted by atomic mass is 9.95. The van der Waals surface area contributed by atoms with Gasteiger partial charge in [0.1, 0.15) is 24.1 Å². The molecule has 0 bridgehead atoms. The maximum atomic E-state index is 14.0. The molecule has 12 heteroatoms. The number of thiazole rings is 1. The molecule has 45 heavy (non-hydrogen) atoms. The summed E-state index contributed by atoms with van der Waals surface area (Å²) in [6.45, 7) is 7.67. The molecule has 5 rings (SSSR count). The zero-order chi connectivity index (χ0) is 32.2. The Labute approximate surface area is 276 Å². The van der Waals surface area contributed by atoms with Crippen LogP contribution in [-0.2, 0) is 16.1 Å². The number of allylic oxidation sites excluding steroid dienone is 1. The Kier molecular flexibility index (Phi) is 9.83. The number of hydrogen-bond acceptors (Lipinski definition) is 9. The molecule has 0 aliphatic carbocycles. The fourth-order valence-corrected chi connectivity index (χ4v) is 6.69. The minimum absolute atomic E-state index is 0.00496. The second-order valence-electron chi connectivity index (χ2n) is 10.4. The standard InChI is InChI=1S/C33H30IN3O7S/c1-5-42-32(39)29-20(4)35-33-36(30(29)24-11-6-7-12-26(24)44-19(2)3)31(38)28(45-33)17-21-13-14-27(25(34)16-21)43-18-22-9-8-10-23(15-22)37(40)41/h6-17,19,30H,5,18H2,1-4H3/b28-17+/t30-/m1/s1. The van der Waals surface area contributed by atoms with Crippen molar-refractivity contribution in [1.29, 1.82) is 0 Å². The summed E-state index contributed by atoms with van der Waals surface area (Å²) in [4.78, 5) is 43.1. The lowest BCUT2D eigenvalue weighted by Crippen LogP contribution is -2.40. The Bertz CT molecular complexity index is 2000. The van der Waals surface area contributed by atoms with Crippen molar-refractivity contribution in [3.8, 4) is 11.5 Å². The number of rotatable bonds is 10. The number of benzene rings is 3. The van der Waals surface area contributed by atoms with E-state index in [2.05, 4.69) is 27.6 Å². The summed E-state index contributed by atoms with van der Waals surface area (Å²) < 4.78 is 20.2. The Morgan fingerprint density at radius 2 is 1.91 bits per heavy atom. The third kappa shape index (κ3) is 7.01. The molecule has 1 atom stereocenters. The summed E-state index contributed by atoms with van der Waals surface area (Å²) in [7, 11) is 0. The Morgan fingerprint density at radius 1 is 1.13 bits per heavy atom. The molecule has 0 radical (unpaired) electrons. The van der Waals surface area contributed by atoms with Gasteiger partial charge in [-0.15, -0.1) is 0 Å². The van der Waals surface area contributed by atoms with Gasteiger partial charge < -0.3 is 14.2 Å². The van der Waals surface area contributed by atoms with Crippen molar-refractivity contribution in [3.63, 3.8) is 0 Å². The third-order valence-corrected chi connectivity index (χ3v) is 8.69. The number of ether oxygens (including phenoxy) is 3. The SMILES string of the molecule is CCOC(=O)C1=C(C)N=c2s/c(=C/c3ccc(OCc4cccc([N+](=O)[O-])c4)c(I)c3)c(=O)n2[C@@H]1c1ccccc1OC(C)C. The summed E-state index contributed by atoms with van der Waals surface area (Å²) in [6.07, 6.45) is 1.66. The number of non-ortho nitro benzene ring substituents is 1. The number of carbonyl (C=O) groups excluding carboxylic acids is 1. The fraction of sp³-hybridized carbons (Fsp3) is 0.242.